The van der Waals surface area contributed by atoms with Gasteiger partial charge in [-0.1, -0.05) is 88.3 Å². The molecular weight excluding hydrogens is 738 g/mol. The monoisotopic (exact) mass is 772 g/mol. The zero-order chi connectivity index (χ0) is 36.5. The summed E-state index contributed by atoms with van der Waals surface area (Å²) in [5, 5.41) is 9.91. The molecule has 0 aliphatic rings. The highest BCUT2D eigenvalue weighted by molar-refractivity contribution is 6.31. The lowest BCUT2D eigenvalue weighted by atomic mass is 9.86. The van der Waals surface area contributed by atoms with E-state index in [2.05, 4.69) is 30.0 Å². The second kappa shape index (κ2) is 22.3. The Morgan fingerprint density at radius 3 is 1.35 bits per heavy atom. The molecule has 4 atom stereocenters. The first kappa shape index (κ1) is 42.6. The van der Waals surface area contributed by atoms with Gasteiger partial charge in [-0.25, -0.2) is 0 Å². The van der Waals surface area contributed by atoms with Crippen LogP contribution in [0, 0.1) is 0 Å². The number of carbonyl (C=O) groups is 2. The number of aromatic nitrogens is 2. The van der Waals surface area contributed by atoms with Gasteiger partial charge in [-0.2, -0.15) is 0 Å². The molecule has 0 bridgehead atoms. The lowest BCUT2D eigenvalue weighted by molar-refractivity contribution is -0.141. The summed E-state index contributed by atoms with van der Waals surface area (Å²) in [6.45, 7) is 0. The summed E-state index contributed by atoms with van der Waals surface area (Å²) in [5.74, 6) is -1.25. The van der Waals surface area contributed by atoms with Gasteiger partial charge in [0, 0.05) is 56.5 Å². The SMILES string of the molecule is C.COC(=O)CC[C@@H](c1cccc(Cl)c1)[C@@H](N=[N+]=[N-])c1ccc(Cl)cn1.COC(=O)CC[C@H](c1cccc(Cl)c1)[C@H](N=[N+]=[N-])c1ccc(Cl)cn1. The van der Waals surface area contributed by atoms with Gasteiger partial charge in [0.25, 0.3) is 0 Å². The van der Waals surface area contributed by atoms with Crippen LogP contribution in [-0.4, -0.2) is 36.1 Å². The third kappa shape index (κ3) is 13.6. The minimum Gasteiger partial charge on any atom is -0.469 e. The molecule has 0 radical (unpaired) electrons. The number of pyridine rings is 2. The Hall–Kier alpha value is -4.54. The Morgan fingerprint density at radius 1 is 0.667 bits per heavy atom. The largest absolute Gasteiger partial charge is 0.469 e. The molecule has 4 rings (SSSR count). The molecule has 51 heavy (non-hydrogen) atoms. The topological polar surface area (TPSA) is 176 Å². The van der Waals surface area contributed by atoms with E-state index in [-0.39, 0.29) is 44.0 Å². The molecule has 0 spiro atoms. The second-order valence-corrected chi connectivity index (χ2v) is 12.4. The number of carbonyl (C=O) groups excluding carboxylic acids is 2. The molecule has 0 amide bonds. The molecule has 0 aliphatic heterocycles. The maximum atomic E-state index is 11.6. The maximum Gasteiger partial charge on any atom is 0.305 e. The quantitative estimate of drug-likeness (QED) is 0.0533. The van der Waals surface area contributed by atoms with Crippen LogP contribution in [0.2, 0.25) is 20.1 Å². The van der Waals surface area contributed by atoms with E-state index >= 15 is 0 Å². The number of ether oxygens (including phenoxy) is 2. The number of esters is 2. The minimum absolute atomic E-state index is 0. The van der Waals surface area contributed by atoms with E-state index in [0.29, 0.717) is 44.3 Å². The Balaban J connectivity index is 0.000000347. The summed E-state index contributed by atoms with van der Waals surface area (Å²) in [7, 11) is 2.67. The number of halogens is 4. The predicted octanol–water partition coefficient (Wildman–Crippen LogP) is 11.6. The van der Waals surface area contributed by atoms with Gasteiger partial charge in [0.05, 0.1) is 36.3 Å². The molecule has 2 heterocycles. The lowest BCUT2D eigenvalue weighted by Crippen LogP contribution is -2.13. The molecule has 0 unspecified atom stereocenters. The zero-order valence-electron chi connectivity index (χ0n) is 26.9. The molecule has 12 nitrogen and oxygen atoms in total. The second-order valence-electron chi connectivity index (χ2n) is 10.7. The Kier molecular flexibility index (Phi) is 18.7. The number of methoxy groups -OCH3 is 2. The van der Waals surface area contributed by atoms with E-state index in [1.165, 1.54) is 26.6 Å². The molecule has 16 heteroatoms. The fourth-order valence-corrected chi connectivity index (χ4v) is 5.79. The third-order valence-electron chi connectivity index (χ3n) is 7.55. The van der Waals surface area contributed by atoms with Crippen molar-refractivity contribution >= 4 is 58.3 Å². The van der Waals surface area contributed by atoms with Crippen molar-refractivity contribution in [1.29, 1.82) is 0 Å². The zero-order valence-corrected chi connectivity index (χ0v) is 30.0. The van der Waals surface area contributed by atoms with Gasteiger partial charge in [0.15, 0.2) is 0 Å². The molecule has 0 saturated heterocycles. The van der Waals surface area contributed by atoms with Gasteiger partial charge >= 0.3 is 11.9 Å². The van der Waals surface area contributed by atoms with Crippen molar-refractivity contribution in [2.45, 2.75) is 57.0 Å². The lowest BCUT2D eigenvalue weighted by Gasteiger charge is -2.23. The van der Waals surface area contributed by atoms with Crippen LogP contribution in [0.15, 0.2) is 95.4 Å². The summed E-state index contributed by atoms with van der Waals surface area (Å²) in [4.78, 5) is 37.6. The van der Waals surface area contributed by atoms with Crippen LogP contribution in [0.1, 0.15) is 79.5 Å². The van der Waals surface area contributed by atoms with Crippen molar-refractivity contribution in [1.82, 2.24) is 9.97 Å². The van der Waals surface area contributed by atoms with Crippen LogP contribution in [0.3, 0.4) is 0 Å². The highest BCUT2D eigenvalue weighted by Gasteiger charge is 2.27. The molecule has 268 valence electrons. The minimum atomic E-state index is -0.606. The molecule has 4 aromatic rings. The molecular formula is C35H36Cl4N8O4. The fraction of sp³-hybridized carbons (Fsp3) is 0.314. The van der Waals surface area contributed by atoms with Gasteiger partial charge in [-0.3, -0.25) is 19.6 Å². The molecule has 0 aliphatic carbocycles. The summed E-state index contributed by atoms with van der Waals surface area (Å²) in [6.07, 6.45) is 4.18. The van der Waals surface area contributed by atoms with E-state index in [1.54, 1.807) is 48.5 Å². The molecule has 0 fully saturated rings. The van der Waals surface area contributed by atoms with Crippen LogP contribution < -0.4 is 0 Å². The van der Waals surface area contributed by atoms with Crippen molar-refractivity contribution in [2.24, 2.45) is 10.2 Å². The van der Waals surface area contributed by atoms with Crippen LogP contribution in [0.4, 0.5) is 0 Å². The van der Waals surface area contributed by atoms with Crippen molar-refractivity contribution in [2.75, 3.05) is 14.2 Å². The number of benzene rings is 2. The van der Waals surface area contributed by atoms with Crippen molar-refractivity contribution < 1.29 is 19.1 Å². The van der Waals surface area contributed by atoms with E-state index < -0.39 is 12.1 Å². The third-order valence-corrected chi connectivity index (χ3v) is 8.47. The van der Waals surface area contributed by atoms with Gasteiger partial charge < -0.3 is 9.47 Å². The van der Waals surface area contributed by atoms with E-state index in [4.69, 9.17) is 66.9 Å². The van der Waals surface area contributed by atoms with Gasteiger partial charge in [-0.05, 0) is 95.4 Å². The van der Waals surface area contributed by atoms with Crippen molar-refractivity contribution in [3.05, 3.63) is 149 Å². The van der Waals surface area contributed by atoms with Gasteiger partial charge in [-0.15, -0.1) is 0 Å². The van der Waals surface area contributed by atoms with Crippen LogP contribution >= 0.6 is 46.4 Å². The summed E-state index contributed by atoms with van der Waals surface area (Å²) >= 11 is 24.0. The highest BCUT2D eigenvalue weighted by atomic mass is 35.5. The van der Waals surface area contributed by atoms with Crippen LogP contribution in [0.5, 0.6) is 0 Å². The average molecular weight is 775 g/mol. The predicted molar refractivity (Wildman–Crippen MR) is 200 cm³/mol. The van der Waals surface area contributed by atoms with Crippen molar-refractivity contribution in [3.63, 3.8) is 0 Å². The fourth-order valence-electron chi connectivity index (χ4n) is 5.17. The van der Waals surface area contributed by atoms with Crippen LogP contribution in [0.25, 0.3) is 20.9 Å². The number of hydrogen-bond acceptors (Lipinski definition) is 8. The summed E-state index contributed by atoms with van der Waals surface area (Å²) < 4.78 is 9.44. The van der Waals surface area contributed by atoms with Crippen LogP contribution in [-0.2, 0) is 19.1 Å². The van der Waals surface area contributed by atoms with Crippen molar-refractivity contribution in [3.8, 4) is 0 Å². The Bertz CT molecular complexity index is 1690. The normalized spacial score (nSPS) is 12.5. The number of nitrogens with zero attached hydrogens (tertiary/aromatic N) is 8. The average Bonchev–Trinajstić information content (AvgIpc) is 3.12. The van der Waals surface area contributed by atoms with Gasteiger partial charge in [0.2, 0.25) is 0 Å². The first-order chi connectivity index (χ1) is 24.1. The molecule has 0 saturated carbocycles. The smallest absolute Gasteiger partial charge is 0.305 e. The van der Waals surface area contributed by atoms with E-state index in [9.17, 15) is 9.59 Å². The highest BCUT2D eigenvalue weighted by Crippen LogP contribution is 2.39. The molecule has 2 aromatic heterocycles. The standard InChI is InChI=1S/2C17H16Cl2N4O2.CH4/c2*1-25-16(24)8-6-14(11-3-2-4-12(18)9-11)17(22-23-20)15-7-5-13(19)10-21-15;/h2*2-5,7,9-10,14,17H,6,8H2,1H3;1H4/t2*14-,17+;/m10./s1. The maximum absolute atomic E-state index is 11.6. The Morgan fingerprint density at radius 2 is 1.06 bits per heavy atom. The number of azide groups is 2. The number of hydrogen-bond donors (Lipinski definition) is 0. The van der Waals surface area contributed by atoms with Gasteiger partial charge in [0.1, 0.15) is 0 Å². The number of rotatable bonds is 14. The first-order valence-electron chi connectivity index (χ1n) is 15.1. The van der Waals surface area contributed by atoms with E-state index in [0.717, 1.165) is 11.1 Å². The summed E-state index contributed by atoms with van der Waals surface area (Å²) in [6, 6.07) is 20.0. The molecule has 0 N–H and O–H groups in total. The Labute approximate surface area is 316 Å². The first-order valence-corrected chi connectivity index (χ1v) is 16.6. The molecule has 2 aromatic carbocycles. The summed E-state index contributed by atoms with van der Waals surface area (Å²) in [5.41, 5.74) is 20.9. The van der Waals surface area contributed by atoms with E-state index in [1.807, 2.05) is 24.3 Å².